The summed E-state index contributed by atoms with van der Waals surface area (Å²) >= 11 is 0. The Morgan fingerprint density at radius 1 is 0.929 bits per heavy atom. The summed E-state index contributed by atoms with van der Waals surface area (Å²) in [5.74, 6) is 2.29. The van der Waals surface area contributed by atoms with Gasteiger partial charge >= 0.3 is 0 Å². The van der Waals surface area contributed by atoms with E-state index < -0.39 is 0 Å². The van der Waals surface area contributed by atoms with Crippen molar-refractivity contribution in [1.82, 2.24) is 25.0 Å². The lowest BCUT2D eigenvalue weighted by Crippen LogP contribution is -2.33. The van der Waals surface area contributed by atoms with E-state index in [1.807, 2.05) is 25.3 Å². The highest BCUT2D eigenvalue weighted by atomic mass is 15.4. The number of rotatable bonds is 3. The Labute approximate surface area is 164 Å². The van der Waals surface area contributed by atoms with Crippen molar-refractivity contribution in [2.45, 2.75) is 32.6 Å². The molecule has 1 fully saturated rings. The second-order valence-corrected chi connectivity index (χ2v) is 7.62. The maximum Gasteiger partial charge on any atom is 0.175 e. The SMILES string of the molecule is Cc1ccn(-c2ccc(N3CCC(c4c(C)[nH]c5ccccc45)CC3)nn2)n1. The summed E-state index contributed by atoms with van der Waals surface area (Å²) in [6, 6.07) is 14.6. The third kappa shape index (κ3) is 2.95. The molecule has 1 aliphatic heterocycles. The number of piperidine rings is 1. The van der Waals surface area contributed by atoms with E-state index in [0.29, 0.717) is 5.92 Å². The van der Waals surface area contributed by atoms with Gasteiger partial charge in [0.05, 0.1) is 5.69 Å². The van der Waals surface area contributed by atoms with Crippen molar-refractivity contribution in [2.24, 2.45) is 0 Å². The summed E-state index contributed by atoms with van der Waals surface area (Å²) in [4.78, 5) is 5.89. The molecule has 0 radical (unpaired) electrons. The summed E-state index contributed by atoms with van der Waals surface area (Å²) in [7, 11) is 0. The van der Waals surface area contributed by atoms with Crippen molar-refractivity contribution < 1.29 is 0 Å². The van der Waals surface area contributed by atoms with Crippen LogP contribution in [0.15, 0.2) is 48.7 Å². The van der Waals surface area contributed by atoms with Crippen molar-refractivity contribution in [3.05, 3.63) is 65.6 Å². The van der Waals surface area contributed by atoms with Gasteiger partial charge in [0.1, 0.15) is 0 Å². The van der Waals surface area contributed by atoms with E-state index in [2.05, 4.69) is 62.4 Å². The number of benzene rings is 1. The fourth-order valence-electron chi connectivity index (χ4n) is 4.37. The number of para-hydroxylation sites is 1. The first-order valence-electron chi connectivity index (χ1n) is 9.87. The summed E-state index contributed by atoms with van der Waals surface area (Å²) in [6.45, 7) is 6.16. The van der Waals surface area contributed by atoms with E-state index in [1.165, 1.54) is 22.2 Å². The van der Waals surface area contributed by atoms with E-state index in [4.69, 9.17) is 0 Å². The van der Waals surface area contributed by atoms with Crippen LogP contribution in [0.1, 0.15) is 35.7 Å². The first-order valence-corrected chi connectivity index (χ1v) is 9.87. The lowest BCUT2D eigenvalue weighted by Gasteiger charge is -2.32. The van der Waals surface area contributed by atoms with Gasteiger partial charge in [-0.05, 0) is 62.4 Å². The fraction of sp³-hybridized carbons (Fsp3) is 0.318. The molecule has 1 aliphatic rings. The highest BCUT2D eigenvalue weighted by Gasteiger charge is 2.25. The smallest absolute Gasteiger partial charge is 0.175 e. The zero-order valence-corrected chi connectivity index (χ0v) is 16.3. The molecule has 0 saturated carbocycles. The molecule has 0 spiro atoms. The molecular formula is C22H24N6. The van der Waals surface area contributed by atoms with E-state index in [9.17, 15) is 0 Å². The Kier molecular flexibility index (Phi) is 4.11. The molecule has 4 heterocycles. The van der Waals surface area contributed by atoms with Crippen LogP contribution in [0.4, 0.5) is 5.82 Å². The van der Waals surface area contributed by atoms with Gasteiger partial charge in [-0.1, -0.05) is 18.2 Å². The minimum Gasteiger partial charge on any atom is -0.358 e. The molecule has 5 rings (SSSR count). The van der Waals surface area contributed by atoms with Gasteiger partial charge in [-0.2, -0.15) is 5.10 Å². The number of hydrogen-bond acceptors (Lipinski definition) is 4. The Bertz CT molecular complexity index is 1100. The summed E-state index contributed by atoms with van der Waals surface area (Å²) in [5, 5.41) is 14.6. The molecule has 1 saturated heterocycles. The molecule has 1 N–H and O–H groups in total. The quantitative estimate of drug-likeness (QED) is 0.587. The Morgan fingerprint density at radius 2 is 1.68 bits per heavy atom. The maximum absolute atomic E-state index is 4.45. The van der Waals surface area contributed by atoms with Crippen LogP contribution in [0.5, 0.6) is 0 Å². The van der Waals surface area contributed by atoms with Gasteiger partial charge in [-0.25, -0.2) is 4.68 Å². The molecule has 3 aromatic heterocycles. The van der Waals surface area contributed by atoms with Crippen LogP contribution in [0.2, 0.25) is 0 Å². The van der Waals surface area contributed by atoms with Crippen LogP contribution in [-0.2, 0) is 0 Å². The highest BCUT2D eigenvalue weighted by molar-refractivity contribution is 5.85. The zero-order valence-electron chi connectivity index (χ0n) is 16.3. The molecule has 4 aromatic rings. The minimum absolute atomic E-state index is 0.590. The second-order valence-electron chi connectivity index (χ2n) is 7.62. The molecule has 28 heavy (non-hydrogen) atoms. The van der Waals surface area contributed by atoms with Crippen LogP contribution >= 0.6 is 0 Å². The lowest BCUT2D eigenvalue weighted by atomic mass is 9.87. The van der Waals surface area contributed by atoms with E-state index >= 15 is 0 Å². The van der Waals surface area contributed by atoms with Gasteiger partial charge < -0.3 is 9.88 Å². The lowest BCUT2D eigenvalue weighted by molar-refractivity contribution is 0.502. The predicted molar refractivity (Wildman–Crippen MR) is 111 cm³/mol. The molecule has 0 bridgehead atoms. The number of hydrogen-bond donors (Lipinski definition) is 1. The molecule has 142 valence electrons. The number of aromatic amines is 1. The van der Waals surface area contributed by atoms with Crippen molar-refractivity contribution in [2.75, 3.05) is 18.0 Å². The highest BCUT2D eigenvalue weighted by Crippen LogP contribution is 2.36. The average molecular weight is 372 g/mol. The summed E-state index contributed by atoms with van der Waals surface area (Å²) in [6.07, 6.45) is 4.17. The maximum atomic E-state index is 4.45. The van der Waals surface area contributed by atoms with Gasteiger partial charge in [0.25, 0.3) is 0 Å². The van der Waals surface area contributed by atoms with Gasteiger partial charge in [-0.3, -0.25) is 0 Å². The fourth-order valence-corrected chi connectivity index (χ4v) is 4.37. The summed E-state index contributed by atoms with van der Waals surface area (Å²) in [5.41, 5.74) is 5.01. The van der Waals surface area contributed by atoms with Crippen molar-refractivity contribution in [1.29, 1.82) is 0 Å². The predicted octanol–water partition coefficient (Wildman–Crippen LogP) is 4.14. The molecule has 1 aromatic carbocycles. The van der Waals surface area contributed by atoms with Crippen LogP contribution in [0.3, 0.4) is 0 Å². The van der Waals surface area contributed by atoms with Crippen molar-refractivity contribution >= 4 is 16.7 Å². The van der Waals surface area contributed by atoms with E-state index in [1.54, 1.807) is 4.68 Å². The Morgan fingerprint density at radius 3 is 2.39 bits per heavy atom. The van der Waals surface area contributed by atoms with Gasteiger partial charge in [-0.15, -0.1) is 10.2 Å². The van der Waals surface area contributed by atoms with Gasteiger partial charge in [0, 0.05) is 35.9 Å². The standard InChI is InChI=1S/C22H24N6/c1-15-9-14-28(26-15)21-8-7-20(24-25-21)27-12-10-17(11-13-27)22-16(2)23-19-6-4-3-5-18(19)22/h3-9,14,17,23H,10-13H2,1-2H3. The summed E-state index contributed by atoms with van der Waals surface area (Å²) < 4.78 is 1.76. The minimum atomic E-state index is 0.590. The first kappa shape index (κ1) is 17.0. The first-order chi connectivity index (χ1) is 13.7. The van der Waals surface area contributed by atoms with E-state index in [-0.39, 0.29) is 0 Å². The normalized spacial score (nSPS) is 15.4. The number of aryl methyl sites for hydroxylation is 2. The number of fused-ring (bicyclic) bond motifs is 1. The third-order valence-corrected chi connectivity index (χ3v) is 5.76. The monoisotopic (exact) mass is 372 g/mol. The van der Waals surface area contributed by atoms with Crippen LogP contribution < -0.4 is 4.90 Å². The zero-order chi connectivity index (χ0) is 19.1. The number of nitrogens with one attached hydrogen (secondary N) is 1. The Balaban J connectivity index is 1.31. The molecule has 0 aliphatic carbocycles. The second kappa shape index (κ2) is 6.78. The molecule has 0 unspecified atom stereocenters. The number of nitrogens with zero attached hydrogens (tertiary/aromatic N) is 5. The molecule has 6 heteroatoms. The molecule has 6 nitrogen and oxygen atoms in total. The van der Waals surface area contributed by atoms with Gasteiger partial charge in [0.2, 0.25) is 0 Å². The molecule has 0 amide bonds. The van der Waals surface area contributed by atoms with Crippen LogP contribution in [0, 0.1) is 13.8 Å². The average Bonchev–Trinajstić information content (AvgIpc) is 3.31. The Hall–Kier alpha value is -3.15. The topological polar surface area (TPSA) is 62.6 Å². The third-order valence-electron chi connectivity index (χ3n) is 5.76. The van der Waals surface area contributed by atoms with Crippen LogP contribution in [0.25, 0.3) is 16.7 Å². The van der Waals surface area contributed by atoms with Crippen molar-refractivity contribution in [3.8, 4) is 5.82 Å². The molecule has 0 atom stereocenters. The number of H-pyrrole nitrogens is 1. The largest absolute Gasteiger partial charge is 0.358 e. The molecular weight excluding hydrogens is 348 g/mol. The number of aromatic nitrogens is 5. The van der Waals surface area contributed by atoms with Gasteiger partial charge in [0.15, 0.2) is 11.6 Å². The van der Waals surface area contributed by atoms with E-state index in [0.717, 1.165) is 43.3 Å². The van der Waals surface area contributed by atoms with Crippen LogP contribution in [-0.4, -0.2) is 38.1 Å². The number of anilines is 1. The van der Waals surface area contributed by atoms with Crippen molar-refractivity contribution in [3.63, 3.8) is 0 Å².